The van der Waals surface area contributed by atoms with Crippen LogP contribution in [0.4, 0.5) is 0 Å². The van der Waals surface area contributed by atoms with E-state index in [9.17, 15) is 0 Å². The fourth-order valence-electron chi connectivity index (χ4n) is 26.6. The molecule has 0 aromatic heterocycles. The summed E-state index contributed by atoms with van der Waals surface area (Å²) in [7, 11) is 0. The molecule has 0 saturated carbocycles. The quantitative estimate of drug-likeness (QED) is 0.126. The summed E-state index contributed by atoms with van der Waals surface area (Å²) < 4.78 is 0. The van der Waals surface area contributed by atoms with Crippen molar-refractivity contribution in [1.29, 1.82) is 0 Å². The zero-order valence-corrected chi connectivity index (χ0v) is 83.0. The van der Waals surface area contributed by atoms with E-state index in [4.69, 9.17) is 0 Å². The van der Waals surface area contributed by atoms with Gasteiger partial charge in [0.15, 0.2) is 0 Å². The average Bonchev–Trinajstić information content (AvgIpc) is 1.70. The van der Waals surface area contributed by atoms with E-state index in [0.29, 0.717) is 0 Å². The molecule has 147 heavy (non-hydrogen) atoms. The van der Waals surface area contributed by atoms with Gasteiger partial charge < -0.3 is 0 Å². The van der Waals surface area contributed by atoms with Crippen LogP contribution in [-0.4, -0.2) is 0 Å². The van der Waals surface area contributed by atoms with E-state index in [0.717, 1.165) is 0 Å². The van der Waals surface area contributed by atoms with Crippen LogP contribution in [0.2, 0.25) is 0 Å². The largest absolute Gasteiger partial charge is 0.0616 e. The van der Waals surface area contributed by atoms with Crippen molar-refractivity contribution >= 4 is 129 Å². The second kappa shape index (κ2) is 34.1. The molecule has 0 heteroatoms. The molecular formula is C147H102. The third-order valence-electron chi connectivity index (χ3n) is 33.1. The molecule has 0 spiro atoms. The van der Waals surface area contributed by atoms with Gasteiger partial charge in [-0.05, 0) is 308 Å². The van der Waals surface area contributed by atoms with Gasteiger partial charge in [-0.15, -0.1) is 0 Å². The van der Waals surface area contributed by atoms with Crippen LogP contribution in [0.15, 0.2) is 510 Å². The Kier molecular flexibility index (Phi) is 20.2. The fraction of sp³-hybridized carbons (Fsp3) is 0.0612. The third-order valence-corrected chi connectivity index (χ3v) is 33.1. The topological polar surface area (TPSA) is 0 Å². The number of rotatable bonds is 9. The van der Waals surface area contributed by atoms with Crippen molar-refractivity contribution in [3.63, 3.8) is 0 Å². The van der Waals surface area contributed by atoms with Crippen LogP contribution in [0.5, 0.6) is 0 Å². The number of hydrogen-bond donors (Lipinski definition) is 0. The van der Waals surface area contributed by atoms with Crippen LogP contribution in [-0.2, 0) is 16.2 Å². The lowest BCUT2D eigenvalue weighted by atomic mass is 9.79. The molecule has 0 heterocycles. The van der Waals surface area contributed by atoms with Gasteiger partial charge in [0.05, 0.1) is 0 Å². The fourth-order valence-corrected chi connectivity index (χ4v) is 26.6. The molecule has 27 aromatic carbocycles. The zero-order valence-electron chi connectivity index (χ0n) is 83.0. The van der Waals surface area contributed by atoms with E-state index in [-0.39, 0.29) is 16.2 Å². The van der Waals surface area contributed by atoms with Crippen molar-refractivity contribution in [3.8, 4) is 134 Å². The summed E-state index contributed by atoms with van der Waals surface area (Å²) in [6, 6.07) is 189. The standard InChI is InChI=1S/3C49H34/c1-49(2)44-28-14-27-42(47(44)43-30-29-32-16-4-6-19-34(32)48(43)49)46-40-24-11-9-22-38(40)45(39-23-10-12-25-41(39)46)37-21-8-7-20-36(37)35-26-13-17-31-15-3-5-18-33(31)35;1-49(2)44-21-11-20-42(47(44)43-29-28-33-13-5-6-15-37(33)48(43)49)46-40-18-9-7-16-38(40)45(39-17-8-10-19-41(39)46)34-25-22-32(23-26-34)36-27-24-31-12-3-4-14-35(31)30-36;1-49(2)44-25-13-24-42(47(44)43-29-28-32-15-5-6-18-36(32)48(43)49)46-40-22-11-9-20-38(40)45(39-21-10-12-23-41(39)46)37-19-8-7-17-35(37)34-27-26-31-14-3-4-16-33(31)30-34/h3*3-30H,1-2H3. The molecule has 0 N–H and O–H groups in total. The summed E-state index contributed by atoms with van der Waals surface area (Å²) in [4.78, 5) is 0. The molecule has 0 radical (unpaired) electrons. The highest BCUT2D eigenvalue weighted by Crippen LogP contribution is 2.62. The van der Waals surface area contributed by atoms with Crippen LogP contribution < -0.4 is 0 Å². The molecule has 0 aliphatic heterocycles. The number of benzene rings is 27. The molecular weight excluding hydrogens is 1770 g/mol. The molecule has 690 valence electrons. The number of hydrogen-bond acceptors (Lipinski definition) is 0. The van der Waals surface area contributed by atoms with Gasteiger partial charge in [-0.3, -0.25) is 0 Å². The van der Waals surface area contributed by atoms with Gasteiger partial charge in [0, 0.05) is 16.2 Å². The Balaban J connectivity index is 0.000000107. The Labute approximate surface area is 857 Å². The highest BCUT2D eigenvalue weighted by atomic mass is 14.5. The van der Waals surface area contributed by atoms with E-state index < -0.39 is 0 Å². The highest BCUT2D eigenvalue weighted by Gasteiger charge is 2.43. The minimum atomic E-state index is -0.121. The molecule has 0 atom stereocenters. The van der Waals surface area contributed by atoms with Crippen molar-refractivity contribution in [2.24, 2.45) is 0 Å². The summed E-state index contributed by atoms with van der Waals surface area (Å²) in [5.74, 6) is 0. The molecule has 30 rings (SSSR count). The third kappa shape index (κ3) is 13.6. The smallest absolute Gasteiger partial charge is 0.0165 e. The molecule has 27 aromatic rings. The zero-order chi connectivity index (χ0) is 98.1. The first kappa shape index (κ1) is 86.9. The average molecular weight is 1870 g/mol. The van der Waals surface area contributed by atoms with Crippen molar-refractivity contribution in [1.82, 2.24) is 0 Å². The minimum absolute atomic E-state index is 0.111. The molecule has 0 nitrogen and oxygen atoms in total. The van der Waals surface area contributed by atoms with Crippen LogP contribution in [0.25, 0.3) is 263 Å². The van der Waals surface area contributed by atoms with Crippen LogP contribution in [0.3, 0.4) is 0 Å². The molecule has 0 fully saturated rings. The first-order valence-electron chi connectivity index (χ1n) is 51.8. The second-order valence-electron chi connectivity index (χ2n) is 42.0. The van der Waals surface area contributed by atoms with E-state index in [1.807, 2.05) is 0 Å². The van der Waals surface area contributed by atoms with Crippen molar-refractivity contribution in [2.45, 2.75) is 57.8 Å². The molecule has 0 saturated heterocycles. The summed E-state index contributed by atoms with van der Waals surface area (Å²) in [6.07, 6.45) is 0. The predicted molar refractivity (Wildman–Crippen MR) is 631 cm³/mol. The lowest BCUT2D eigenvalue weighted by molar-refractivity contribution is 0.666. The Hall–Kier alpha value is -17.9. The minimum Gasteiger partial charge on any atom is -0.0616 e. The molecule has 0 amide bonds. The van der Waals surface area contributed by atoms with E-state index in [1.165, 1.54) is 296 Å². The van der Waals surface area contributed by atoms with Crippen LogP contribution in [0.1, 0.15) is 74.9 Å². The van der Waals surface area contributed by atoms with Gasteiger partial charge in [-0.1, -0.05) is 539 Å². The van der Waals surface area contributed by atoms with E-state index >= 15 is 0 Å². The Bertz CT molecular complexity index is 10000. The maximum atomic E-state index is 2.40. The number of fused-ring (bicyclic) bond motifs is 24. The van der Waals surface area contributed by atoms with Crippen LogP contribution >= 0.6 is 0 Å². The Morgan fingerprint density at radius 1 is 0.109 bits per heavy atom. The molecule has 3 aliphatic carbocycles. The first-order valence-corrected chi connectivity index (χ1v) is 51.8. The SMILES string of the molecule is CC1(C)c2cccc(-c3c4ccccc4c(-c4ccc(-c5ccc6ccccc6c5)cc4)c4ccccc34)c2-c2ccc3ccccc3c21.CC1(C)c2cccc(-c3c4ccccc4c(-c4ccccc4-c4ccc5ccccc5c4)c4ccccc34)c2-c2ccc3ccccc3c21.CC1(C)c2cccc(-c3c4ccccc4c(-c4ccccc4-c4cccc5ccccc45)c4ccccc34)c2-c2ccc3ccccc3c21. The van der Waals surface area contributed by atoms with Gasteiger partial charge in [0.1, 0.15) is 0 Å². The summed E-state index contributed by atoms with van der Waals surface area (Å²) in [6.45, 7) is 14.4. The van der Waals surface area contributed by atoms with E-state index in [1.54, 1.807) is 0 Å². The maximum Gasteiger partial charge on any atom is 0.0165 e. The van der Waals surface area contributed by atoms with Gasteiger partial charge in [-0.2, -0.15) is 0 Å². The maximum absolute atomic E-state index is 2.40. The Morgan fingerprint density at radius 3 is 0.687 bits per heavy atom. The summed E-state index contributed by atoms with van der Waals surface area (Å²) >= 11 is 0. The van der Waals surface area contributed by atoms with Gasteiger partial charge in [0.25, 0.3) is 0 Å². The van der Waals surface area contributed by atoms with Gasteiger partial charge in [-0.25, -0.2) is 0 Å². The predicted octanol–water partition coefficient (Wildman–Crippen LogP) is 40.8. The second-order valence-corrected chi connectivity index (χ2v) is 42.0. The van der Waals surface area contributed by atoms with Crippen molar-refractivity contribution < 1.29 is 0 Å². The van der Waals surface area contributed by atoms with Crippen molar-refractivity contribution in [2.75, 3.05) is 0 Å². The monoisotopic (exact) mass is 1870 g/mol. The lowest BCUT2D eigenvalue weighted by Crippen LogP contribution is -2.15. The summed E-state index contributed by atoms with van der Waals surface area (Å²) in [5, 5.41) is 30.9. The molecule has 3 aliphatic rings. The van der Waals surface area contributed by atoms with Crippen LogP contribution in [0, 0.1) is 0 Å². The lowest BCUT2D eigenvalue weighted by Gasteiger charge is -2.24. The molecule has 0 bridgehead atoms. The highest BCUT2D eigenvalue weighted by molar-refractivity contribution is 6.28. The Morgan fingerprint density at radius 2 is 0.327 bits per heavy atom. The first-order chi connectivity index (χ1) is 72.3. The van der Waals surface area contributed by atoms with Crippen molar-refractivity contribution in [3.05, 3.63) is 543 Å². The summed E-state index contributed by atoms with van der Waals surface area (Å²) in [5.41, 5.74) is 39.3. The normalized spacial score (nSPS) is 13.3. The van der Waals surface area contributed by atoms with E-state index in [2.05, 4.69) is 551 Å². The van der Waals surface area contributed by atoms with Gasteiger partial charge >= 0.3 is 0 Å². The molecule has 0 unspecified atom stereocenters. The van der Waals surface area contributed by atoms with Gasteiger partial charge in [0.2, 0.25) is 0 Å².